The summed E-state index contributed by atoms with van der Waals surface area (Å²) in [4.78, 5) is 24.0. The van der Waals surface area contributed by atoms with Crippen LogP contribution in [0.1, 0.15) is 13.3 Å². The van der Waals surface area contributed by atoms with E-state index >= 15 is 0 Å². The Morgan fingerprint density at radius 2 is 2.29 bits per heavy atom. The van der Waals surface area contributed by atoms with Crippen LogP contribution < -0.4 is 5.32 Å². The zero-order valence-corrected chi connectivity index (χ0v) is 9.84. The molecular formula is C11H16N2O4. The lowest BCUT2D eigenvalue weighted by atomic mass is 10.2. The number of methoxy groups -OCH3 is 1. The van der Waals surface area contributed by atoms with Crippen LogP contribution in [0.15, 0.2) is 0 Å². The molecule has 2 amide bonds. The number of carbonyl (C=O) groups is 2. The molecule has 0 aliphatic carbocycles. The molecule has 0 bridgehead atoms. The van der Waals surface area contributed by atoms with Crippen molar-refractivity contribution in [3.05, 3.63) is 0 Å². The maximum Gasteiger partial charge on any atom is 0.326 e. The van der Waals surface area contributed by atoms with Gasteiger partial charge in [0.05, 0.1) is 12.1 Å². The number of terminal acetylenes is 1. The Bertz CT molecular complexity index is 350. The largest absolute Gasteiger partial charge is 0.480 e. The molecule has 0 aromatic carbocycles. The third kappa shape index (κ3) is 3.11. The summed E-state index contributed by atoms with van der Waals surface area (Å²) in [6, 6.07) is -1.76. The van der Waals surface area contributed by atoms with Gasteiger partial charge in [-0.05, 0) is 6.92 Å². The molecule has 0 radical (unpaired) electrons. The molecule has 1 aliphatic rings. The summed E-state index contributed by atoms with van der Waals surface area (Å²) in [5.74, 6) is 1.32. The normalized spacial score (nSPS) is 25.1. The molecular weight excluding hydrogens is 224 g/mol. The Hall–Kier alpha value is -1.74. The molecule has 3 atom stereocenters. The highest BCUT2D eigenvalue weighted by atomic mass is 16.5. The number of amides is 2. The van der Waals surface area contributed by atoms with E-state index in [2.05, 4.69) is 11.2 Å². The molecule has 0 aromatic heterocycles. The number of nitrogens with one attached hydrogen (secondary N) is 1. The van der Waals surface area contributed by atoms with Gasteiger partial charge in [-0.2, -0.15) is 0 Å². The van der Waals surface area contributed by atoms with Gasteiger partial charge in [-0.15, -0.1) is 6.42 Å². The molecule has 0 spiro atoms. The molecule has 1 heterocycles. The van der Waals surface area contributed by atoms with Crippen molar-refractivity contribution in [2.75, 3.05) is 13.7 Å². The van der Waals surface area contributed by atoms with Gasteiger partial charge in [0.25, 0.3) is 0 Å². The van der Waals surface area contributed by atoms with Crippen molar-refractivity contribution in [1.29, 1.82) is 0 Å². The number of aliphatic carboxylic acids is 1. The van der Waals surface area contributed by atoms with Gasteiger partial charge in [-0.3, -0.25) is 0 Å². The molecule has 0 saturated carbocycles. The average molecular weight is 240 g/mol. The number of urea groups is 1. The van der Waals surface area contributed by atoms with Crippen molar-refractivity contribution in [3.63, 3.8) is 0 Å². The topological polar surface area (TPSA) is 78.9 Å². The summed E-state index contributed by atoms with van der Waals surface area (Å²) in [5.41, 5.74) is 0. The lowest BCUT2D eigenvalue weighted by Gasteiger charge is -2.22. The first-order chi connectivity index (χ1) is 7.99. The zero-order valence-electron chi connectivity index (χ0n) is 9.84. The molecule has 1 fully saturated rings. The summed E-state index contributed by atoms with van der Waals surface area (Å²) in [5, 5.41) is 11.6. The minimum atomic E-state index is -1.03. The van der Waals surface area contributed by atoms with E-state index in [-0.39, 0.29) is 12.6 Å². The summed E-state index contributed by atoms with van der Waals surface area (Å²) >= 11 is 0. The van der Waals surface area contributed by atoms with Gasteiger partial charge in [0.15, 0.2) is 0 Å². The fraction of sp³-hybridized carbons (Fsp3) is 0.636. The predicted molar refractivity (Wildman–Crippen MR) is 60.4 cm³/mol. The highest BCUT2D eigenvalue weighted by Gasteiger charge is 2.39. The Morgan fingerprint density at radius 1 is 1.65 bits per heavy atom. The van der Waals surface area contributed by atoms with Gasteiger partial charge >= 0.3 is 12.0 Å². The second-order valence-corrected chi connectivity index (χ2v) is 3.94. The van der Waals surface area contributed by atoms with E-state index in [9.17, 15) is 9.59 Å². The Morgan fingerprint density at radius 3 is 2.76 bits per heavy atom. The van der Waals surface area contributed by atoms with Crippen LogP contribution in [-0.4, -0.2) is 53.8 Å². The van der Waals surface area contributed by atoms with Crippen molar-refractivity contribution >= 4 is 12.0 Å². The van der Waals surface area contributed by atoms with Crippen molar-refractivity contribution in [1.82, 2.24) is 10.2 Å². The molecule has 3 unspecified atom stereocenters. The number of ether oxygens (including phenoxy) is 1. The van der Waals surface area contributed by atoms with E-state index in [1.165, 1.54) is 12.0 Å². The predicted octanol–water partition coefficient (Wildman–Crippen LogP) is -0.108. The van der Waals surface area contributed by atoms with Crippen molar-refractivity contribution < 1.29 is 19.4 Å². The van der Waals surface area contributed by atoms with E-state index in [4.69, 9.17) is 16.3 Å². The van der Waals surface area contributed by atoms with E-state index in [0.29, 0.717) is 6.42 Å². The molecule has 1 rings (SSSR count). The first-order valence-corrected chi connectivity index (χ1v) is 5.28. The van der Waals surface area contributed by atoms with Crippen LogP contribution in [0.3, 0.4) is 0 Å². The molecule has 17 heavy (non-hydrogen) atoms. The SMILES string of the molecule is C#CC(C)NC(=O)N1CC(OC)CC1C(=O)O. The lowest BCUT2D eigenvalue weighted by molar-refractivity contribution is -0.141. The Kier molecular flexibility index (Phi) is 4.35. The van der Waals surface area contributed by atoms with Crippen LogP contribution in [-0.2, 0) is 9.53 Å². The summed E-state index contributed by atoms with van der Waals surface area (Å²) < 4.78 is 5.08. The monoisotopic (exact) mass is 240 g/mol. The van der Waals surface area contributed by atoms with Gasteiger partial charge in [-0.1, -0.05) is 5.92 Å². The molecule has 0 aromatic rings. The molecule has 1 aliphatic heterocycles. The molecule has 2 N–H and O–H groups in total. The number of nitrogens with zero attached hydrogens (tertiary/aromatic N) is 1. The van der Waals surface area contributed by atoms with Crippen LogP contribution in [0.5, 0.6) is 0 Å². The van der Waals surface area contributed by atoms with Gasteiger partial charge in [-0.25, -0.2) is 9.59 Å². The van der Waals surface area contributed by atoms with Gasteiger partial charge in [0.2, 0.25) is 0 Å². The van der Waals surface area contributed by atoms with E-state index in [1.54, 1.807) is 6.92 Å². The highest BCUT2D eigenvalue weighted by Crippen LogP contribution is 2.20. The van der Waals surface area contributed by atoms with Crippen LogP contribution in [0.2, 0.25) is 0 Å². The van der Waals surface area contributed by atoms with E-state index in [0.717, 1.165) is 0 Å². The highest BCUT2D eigenvalue weighted by molar-refractivity contribution is 5.83. The van der Waals surface area contributed by atoms with Gasteiger partial charge in [0, 0.05) is 20.1 Å². The second kappa shape index (κ2) is 5.55. The molecule has 1 saturated heterocycles. The third-order valence-electron chi connectivity index (χ3n) is 2.73. The van der Waals surface area contributed by atoms with E-state index in [1.807, 2.05) is 0 Å². The first-order valence-electron chi connectivity index (χ1n) is 5.28. The minimum absolute atomic E-state index is 0.247. The number of rotatable bonds is 3. The third-order valence-corrected chi connectivity index (χ3v) is 2.73. The van der Waals surface area contributed by atoms with Gasteiger partial charge < -0.3 is 20.1 Å². The number of hydrogen-bond acceptors (Lipinski definition) is 3. The van der Waals surface area contributed by atoms with Crippen molar-refractivity contribution in [2.45, 2.75) is 31.5 Å². The summed E-state index contributed by atoms with van der Waals surface area (Å²) in [7, 11) is 1.50. The quantitative estimate of drug-likeness (QED) is 0.675. The zero-order chi connectivity index (χ0) is 13.0. The first kappa shape index (κ1) is 13.3. The maximum atomic E-state index is 11.8. The Labute approximate surface area is 99.9 Å². The summed E-state index contributed by atoms with van der Waals surface area (Å²) in [6.07, 6.45) is 5.19. The van der Waals surface area contributed by atoms with Crippen LogP contribution in [0, 0.1) is 12.3 Å². The van der Waals surface area contributed by atoms with Crippen LogP contribution >= 0.6 is 0 Å². The molecule has 6 nitrogen and oxygen atoms in total. The smallest absolute Gasteiger partial charge is 0.326 e. The van der Waals surface area contributed by atoms with E-state index < -0.39 is 24.1 Å². The number of carbonyl (C=O) groups excluding carboxylic acids is 1. The van der Waals surface area contributed by atoms with Crippen LogP contribution in [0.25, 0.3) is 0 Å². The molecule has 94 valence electrons. The summed E-state index contributed by atoms with van der Waals surface area (Å²) in [6.45, 7) is 1.91. The number of likely N-dealkylation sites (tertiary alicyclic amines) is 1. The lowest BCUT2D eigenvalue weighted by Crippen LogP contribution is -2.48. The average Bonchev–Trinajstić information content (AvgIpc) is 2.72. The Balaban J connectivity index is 2.70. The molecule has 6 heteroatoms. The maximum absolute atomic E-state index is 11.8. The standard InChI is InChI=1S/C11H16N2O4/c1-4-7(2)12-11(16)13-6-8(17-3)5-9(13)10(14)15/h1,7-9H,5-6H2,2-3H3,(H,12,16)(H,14,15). The second-order valence-electron chi connectivity index (χ2n) is 3.94. The van der Waals surface area contributed by atoms with Crippen LogP contribution in [0.4, 0.5) is 4.79 Å². The number of carboxylic acid groups (broad SMARTS) is 1. The number of hydrogen-bond donors (Lipinski definition) is 2. The number of carboxylic acids is 1. The minimum Gasteiger partial charge on any atom is -0.480 e. The van der Waals surface area contributed by atoms with Gasteiger partial charge in [0.1, 0.15) is 6.04 Å². The van der Waals surface area contributed by atoms with Crippen molar-refractivity contribution in [3.8, 4) is 12.3 Å². The van der Waals surface area contributed by atoms with Crippen molar-refractivity contribution in [2.24, 2.45) is 0 Å². The fourth-order valence-electron chi connectivity index (χ4n) is 1.74. The fourth-order valence-corrected chi connectivity index (χ4v) is 1.74.